The van der Waals surface area contributed by atoms with Crippen LogP contribution in [0.1, 0.15) is 60.3 Å². The first-order valence-corrected chi connectivity index (χ1v) is 33.2. The van der Waals surface area contributed by atoms with Crippen molar-refractivity contribution in [1.82, 2.24) is 69.2 Å². The molecule has 13 rings (SSSR count). The molecule has 31 nitrogen and oxygen atoms in total. The van der Waals surface area contributed by atoms with Crippen molar-refractivity contribution in [3.8, 4) is 17.8 Å². The second-order valence-electron chi connectivity index (χ2n) is 23.8. The number of carbonyl (C=O) groups excluding carboxylic acids is 6. The van der Waals surface area contributed by atoms with E-state index in [4.69, 9.17) is 40.6 Å². The minimum Gasteiger partial charge on any atom is -1.00 e. The molecule has 2 fully saturated rings. The van der Waals surface area contributed by atoms with Gasteiger partial charge in [-0.1, -0.05) is 18.2 Å². The fourth-order valence-electron chi connectivity index (χ4n) is 9.99. The average Bonchev–Trinajstić information content (AvgIpc) is 1.64. The van der Waals surface area contributed by atoms with E-state index in [9.17, 15) is 72.1 Å². The number of rotatable bonds is 11. The predicted molar refractivity (Wildman–Crippen MR) is 355 cm³/mol. The average molecular weight is 1640 g/mol. The molecule has 1 unspecified atom stereocenters. The molecular weight excluding hydrogens is 1580 g/mol. The number of nitrogens with zero attached hydrogens (tertiary/aromatic N) is 16. The number of carbonyl (C=O) groups is 6. The Morgan fingerprint density at radius 3 is 1.36 bits per heavy atom. The van der Waals surface area contributed by atoms with Crippen molar-refractivity contribution in [3.63, 3.8) is 0 Å². The minimum absolute atomic E-state index is 0. The number of amides is 6. The predicted octanol–water partition coefficient (Wildman–Crippen LogP) is 2.88. The van der Waals surface area contributed by atoms with Gasteiger partial charge in [0, 0.05) is 36.2 Å². The molecule has 6 aromatic heterocycles. The fourth-order valence-corrected chi connectivity index (χ4v) is 10.5. The summed E-state index contributed by atoms with van der Waals surface area (Å²) >= 11 is 5.22. The van der Waals surface area contributed by atoms with E-state index in [-0.39, 0.29) is 213 Å². The Bertz CT molecular complexity index is 4600. The van der Waals surface area contributed by atoms with Gasteiger partial charge in [-0.05, 0) is 58.4 Å². The van der Waals surface area contributed by atoms with Crippen LogP contribution in [-0.2, 0) is 61.0 Å². The molecule has 0 radical (unpaired) electrons. The van der Waals surface area contributed by atoms with Crippen molar-refractivity contribution in [3.05, 3.63) is 191 Å². The smallest absolute Gasteiger partial charge is 1.00 e. The summed E-state index contributed by atoms with van der Waals surface area (Å²) in [6, 6.07) is 9.65. The fraction of sp³-hybridized carbons (Fsp3) is 0.292. The van der Waals surface area contributed by atoms with Gasteiger partial charge < -0.3 is 50.5 Å². The van der Waals surface area contributed by atoms with E-state index in [1.165, 1.54) is 34.4 Å². The third kappa shape index (κ3) is 26.2. The Kier molecular flexibility index (Phi) is 34.4. The molecule has 6 amide bonds. The summed E-state index contributed by atoms with van der Waals surface area (Å²) in [6.07, 6.45) is 10.3. The SMILES string of the molecule is CS(=O)c1ncc(F)cn1.C[C@H]1Cn2ncc(N3C[C@@H](Oc4ncc(F)cn4)CC3=O)c2CN1C(=O)Nc1cc(F)c(F)c(F)c1.C[C@H]1Cn2ncc(N3C[C@@H](Oc4ncc(F)cn4)CC3=O)c2CN1C(=O)OC(C)(C)C.Fc1cnc(Cl)nc1.O=C(Nc1cc(F)c(F)c(F)c1)Oc1ccccc1.O=CO[O-].[H-].[K+].[K+]. The second-order valence-corrected chi connectivity index (χ2v) is 25.4. The van der Waals surface area contributed by atoms with Crippen LogP contribution in [0, 0.1) is 58.2 Å². The number of benzene rings is 3. The molecule has 2 saturated heterocycles. The first-order chi connectivity index (χ1) is 51.3. The van der Waals surface area contributed by atoms with Crippen LogP contribution in [0.5, 0.6) is 17.8 Å². The van der Waals surface area contributed by atoms with Crippen LogP contribution in [0.4, 0.5) is 81.0 Å². The summed E-state index contributed by atoms with van der Waals surface area (Å²) in [5, 5.41) is 21.9. The van der Waals surface area contributed by atoms with Gasteiger partial charge in [-0.2, -0.15) is 10.2 Å². The van der Waals surface area contributed by atoms with Crippen molar-refractivity contribution in [2.24, 2.45) is 0 Å². The zero-order chi connectivity index (χ0) is 78.7. The van der Waals surface area contributed by atoms with Crippen LogP contribution in [-0.4, -0.2) is 159 Å². The molecule has 45 heteroatoms. The van der Waals surface area contributed by atoms with Gasteiger partial charge in [-0.25, -0.2) is 98.2 Å². The molecule has 0 spiro atoms. The summed E-state index contributed by atoms with van der Waals surface area (Å²) < 4.78 is 165. The maximum Gasteiger partial charge on any atom is 1.00 e. The molecule has 574 valence electrons. The van der Waals surface area contributed by atoms with E-state index in [1.54, 1.807) is 45.8 Å². The van der Waals surface area contributed by atoms with Crippen LogP contribution >= 0.6 is 11.6 Å². The summed E-state index contributed by atoms with van der Waals surface area (Å²) in [4.78, 5) is 109. The van der Waals surface area contributed by atoms with Gasteiger partial charge in [0.05, 0.1) is 165 Å². The third-order valence-corrected chi connectivity index (χ3v) is 15.6. The Hall–Kier alpha value is -8.81. The largest absolute Gasteiger partial charge is 1.00 e. The number of nitrogens with one attached hydrogen (secondary N) is 2. The van der Waals surface area contributed by atoms with Gasteiger partial charge in [0.1, 0.15) is 23.6 Å². The summed E-state index contributed by atoms with van der Waals surface area (Å²) in [7, 11) is -1.23. The second kappa shape index (κ2) is 42.0. The molecule has 0 saturated carbocycles. The Morgan fingerprint density at radius 2 is 0.973 bits per heavy atom. The van der Waals surface area contributed by atoms with Gasteiger partial charge in [-0.15, -0.1) is 0 Å². The minimum atomic E-state index is -1.63. The monoisotopic (exact) mass is 1640 g/mol. The van der Waals surface area contributed by atoms with Crippen LogP contribution < -0.4 is 143 Å². The number of fused-ring (bicyclic) bond motifs is 2. The number of ether oxygens (including phenoxy) is 4. The van der Waals surface area contributed by atoms with Gasteiger partial charge in [0.2, 0.25) is 22.3 Å². The number of hydrogen-bond donors (Lipinski definition) is 2. The molecule has 110 heavy (non-hydrogen) atoms. The van der Waals surface area contributed by atoms with E-state index in [0.29, 0.717) is 54.4 Å². The maximum atomic E-state index is 13.6. The third-order valence-electron chi connectivity index (χ3n) is 14.7. The molecular formula is C65H61ClF10K2N18O13S. The first kappa shape index (κ1) is 90.1. The summed E-state index contributed by atoms with van der Waals surface area (Å²) in [6.45, 7) is 10.6. The van der Waals surface area contributed by atoms with E-state index < -0.39 is 105 Å². The van der Waals surface area contributed by atoms with E-state index in [2.05, 4.69) is 65.6 Å². The van der Waals surface area contributed by atoms with Crippen molar-refractivity contribution < 1.29 is 210 Å². The normalized spacial score (nSPS) is 16.1. The zero-order valence-electron chi connectivity index (χ0n) is 60.0. The van der Waals surface area contributed by atoms with Gasteiger partial charge >= 0.3 is 133 Å². The summed E-state index contributed by atoms with van der Waals surface area (Å²) in [5.41, 5.74) is 1.38. The standard InChI is InChI=1S/C22H19F4N7O3.C20H25FN6O4.C13H8F3NO2.C5H5FN2OS.C4H2ClFN2.CH2O3.2K.H/c1-11-8-33-18(10-31(11)22(35)30-13-2-15(24)20(26)16(25)3-13)17(7-29-33)32-9-14(4-19(32)34)36-21-27-5-12(23)6-28-21;1-12-9-27-16(11-25(12)19(29)31-20(2,3)4)15(8-24-27)26-10-14(5-17(26)28)30-18-22-6-13(21)7-23-18;14-10-6-8(7-11(15)12(10)16)17-13(18)19-9-4-2-1-3-5-9;1-10(9)5-7-2-4(6)3-8-5;5-4-7-1-3(6)2-8-4;2-1-4-3;;;/h2-3,5-7,11,14H,4,8-10H2,1H3,(H,30,35);6-8,12,14H,5,9-11H2,1-4H3;1-7H,(H,17,18);2-3H,1H3;1-2H;1,3H;;;/q;;;;;;2*+1;-1/p-1/t11-,14-;12-,14-;;;;;;;/m00......./s1. The Balaban J connectivity index is 0.000000265. The number of urea groups is 1. The Morgan fingerprint density at radius 1 is 0.591 bits per heavy atom. The van der Waals surface area contributed by atoms with Crippen LogP contribution in [0.15, 0.2) is 122 Å². The maximum absolute atomic E-state index is 13.6. The molecule has 3 aromatic carbocycles. The van der Waals surface area contributed by atoms with Crippen LogP contribution in [0.2, 0.25) is 5.28 Å². The van der Waals surface area contributed by atoms with E-state index in [0.717, 1.165) is 55.3 Å². The molecule has 5 atom stereocenters. The zero-order valence-corrected chi connectivity index (χ0v) is 66.9. The topological polar surface area (TPSA) is 364 Å². The molecule has 0 aliphatic carbocycles. The summed E-state index contributed by atoms with van der Waals surface area (Å²) in [5.74, 6) is -11.1. The number of aromatic nitrogens is 12. The number of para-hydroxylation sites is 1. The van der Waals surface area contributed by atoms with Crippen molar-refractivity contribution in [1.29, 1.82) is 0 Å². The van der Waals surface area contributed by atoms with Crippen LogP contribution in [0.25, 0.3) is 0 Å². The molecule has 4 aliphatic heterocycles. The van der Waals surface area contributed by atoms with E-state index in [1.807, 2.05) is 32.4 Å². The van der Waals surface area contributed by atoms with Crippen LogP contribution in [0.3, 0.4) is 0 Å². The molecule has 10 heterocycles. The Labute approximate surface area is 711 Å². The molecule has 9 aromatic rings. The number of hydrogen-bond acceptors (Lipinski definition) is 23. The first-order valence-electron chi connectivity index (χ1n) is 31.3. The van der Waals surface area contributed by atoms with Gasteiger partial charge in [0.15, 0.2) is 58.2 Å². The quantitative estimate of drug-likeness (QED) is 0.0357. The molecule has 0 bridgehead atoms. The van der Waals surface area contributed by atoms with Gasteiger partial charge in [-0.3, -0.25) is 38.2 Å². The van der Waals surface area contributed by atoms with Crippen molar-refractivity contribution in [2.75, 3.05) is 39.8 Å². The van der Waals surface area contributed by atoms with E-state index >= 15 is 0 Å². The van der Waals surface area contributed by atoms with Gasteiger partial charge in [0.25, 0.3) is 6.47 Å². The molecule has 4 aliphatic rings. The van der Waals surface area contributed by atoms with Crippen molar-refractivity contribution >= 4 is 81.7 Å². The number of halogens is 11. The molecule has 2 N–H and O–H groups in total. The number of anilines is 4. The van der Waals surface area contributed by atoms with Crippen molar-refractivity contribution in [2.45, 2.75) is 109 Å².